The molecule has 0 spiro atoms. The SMILES string of the molecule is Cc1cc[n+](CCC[n+]2ccc(/C=N/OCc3c(Cl)cccc3Cl)cc2)cc1. The van der Waals surface area contributed by atoms with Crippen LogP contribution in [0.3, 0.4) is 0 Å². The Hall–Kier alpha value is -2.43. The van der Waals surface area contributed by atoms with Crippen LogP contribution in [-0.2, 0) is 24.5 Å². The van der Waals surface area contributed by atoms with Crippen LogP contribution in [-0.4, -0.2) is 6.21 Å². The second-order valence-corrected chi connectivity index (χ2v) is 7.36. The molecule has 2 heterocycles. The minimum atomic E-state index is 0.235. The van der Waals surface area contributed by atoms with E-state index in [9.17, 15) is 0 Å². The highest BCUT2D eigenvalue weighted by Crippen LogP contribution is 2.24. The summed E-state index contributed by atoms with van der Waals surface area (Å²) in [4.78, 5) is 5.33. The normalized spacial score (nSPS) is 11.1. The third-order valence-electron chi connectivity index (χ3n) is 4.35. The second kappa shape index (κ2) is 10.2. The summed E-state index contributed by atoms with van der Waals surface area (Å²) in [5.41, 5.74) is 2.98. The van der Waals surface area contributed by atoms with Crippen molar-refractivity contribution >= 4 is 29.4 Å². The molecule has 1 aromatic carbocycles. The number of aryl methyl sites for hydroxylation is 3. The van der Waals surface area contributed by atoms with Crippen molar-refractivity contribution in [2.24, 2.45) is 5.16 Å². The Morgan fingerprint density at radius 3 is 2.07 bits per heavy atom. The minimum Gasteiger partial charge on any atom is -0.391 e. The number of benzene rings is 1. The maximum absolute atomic E-state index is 6.11. The van der Waals surface area contributed by atoms with Gasteiger partial charge in [-0.3, -0.25) is 0 Å². The van der Waals surface area contributed by atoms with Crippen molar-refractivity contribution in [1.29, 1.82) is 0 Å². The van der Waals surface area contributed by atoms with E-state index >= 15 is 0 Å². The monoisotopic (exact) mass is 415 g/mol. The number of halogens is 2. The number of hydrogen-bond acceptors (Lipinski definition) is 2. The van der Waals surface area contributed by atoms with Gasteiger partial charge in [0.05, 0.1) is 12.6 Å². The zero-order chi connectivity index (χ0) is 19.8. The number of rotatable bonds is 8. The molecule has 0 radical (unpaired) electrons. The molecule has 0 unspecified atom stereocenters. The Morgan fingerprint density at radius 2 is 1.46 bits per heavy atom. The summed E-state index contributed by atoms with van der Waals surface area (Å²) < 4.78 is 4.37. The molecular weight excluding hydrogens is 393 g/mol. The van der Waals surface area contributed by atoms with E-state index in [2.05, 4.69) is 45.7 Å². The van der Waals surface area contributed by atoms with Crippen molar-refractivity contribution in [3.8, 4) is 0 Å². The molecule has 3 rings (SSSR count). The van der Waals surface area contributed by atoms with Crippen LogP contribution in [0.1, 0.15) is 23.1 Å². The molecule has 0 N–H and O–H groups in total. The summed E-state index contributed by atoms with van der Waals surface area (Å²) in [7, 11) is 0. The first-order valence-electron chi connectivity index (χ1n) is 9.15. The maximum Gasteiger partial charge on any atom is 0.169 e. The lowest BCUT2D eigenvalue weighted by Gasteiger charge is -2.04. The highest BCUT2D eigenvalue weighted by molar-refractivity contribution is 6.35. The predicted molar refractivity (Wildman–Crippen MR) is 111 cm³/mol. The average molecular weight is 416 g/mol. The first kappa shape index (κ1) is 20.3. The smallest absolute Gasteiger partial charge is 0.169 e. The zero-order valence-corrected chi connectivity index (χ0v) is 17.3. The standard InChI is InChI=1S/C22H23Cl2N3O/c1-18-6-12-26(13-7-18)10-3-11-27-14-8-19(9-15-27)16-25-28-17-20-21(23)4-2-5-22(20)24/h2,4-9,12-16H,3,10-11,17H2,1H3/q+2/b25-16+. The first-order valence-corrected chi connectivity index (χ1v) is 9.90. The van der Waals surface area contributed by atoms with Gasteiger partial charge in [0.1, 0.15) is 6.61 Å². The third-order valence-corrected chi connectivity index (χ3v) is 5.06. The van der Waals surface area contributed by atoms with E-state index in [-0.39, 0.29) is 6.61 Å². The second-order valence-electron chi connectivity index (χ2n) is 6.54. The van der Waals surface area contributed by atoms with Gasteiger partial charge in [-0.2, -0.15) is 0 Å². The fourth-order valence-corrected chi connectivity index (χ4v) is 3.20. The first-order chi connectivity index (χ1) is 13.6. The van der Waals surface area contributed by atoms with E-state index in [0.29, 0.717) is 10.0 Å². The molecule has 0 aliphatic carbocycles. The molecule has 0 amide bonds. The fraction of sp³-hybridized carbons (Fsp3) is 0.227. The lowest BCUT2D eigenvalue weighted by molar-refractivity contribution is -0.726. The number of oxime groups is 1. The van der Waals surface area contributed by atoms with Gasteiger partial charge in [0.2, 0.25) is 0 Å². The van der Waals surface area contributed by atoms with E-state index < -0.39 is 0 Å². The summed E-state index contributed by atoms with van der Waals surface area (Å²) in [6, 6.07) is 13.6. The van der Waals surface area contributed by atoms with Gasteiger partial charge < -0.3 is 4.84 Å². The van der Waals surface area contributed by atoms with Crippen LogP contribution in [0.25, 0.3) is 0 Å². The molecule has 0 atom stereocenters. The Morgan fingerprint density at radius 1 is 0.893 bits per heavy atom. The van der Waals surface area contributed by atoms with Gasteiger partial charge in [-0.1, -0.05) is 34.4 Å². The highest BCUT2D eigenvalue weighted by atomic mass is 35.5. The molecule has 0 saturated heterocycles. The highest BCUT2D eigenvalue weighted by Gasteiger charge is 2.06. The van der Waals surface area contributed by atoms with E-state index in [1.165, 1.54) is 5.56 Å². The Labute approximate surface area is 175 Å². The number of pyridine rings is 2. The Bertz CT molecular complexity index is 905. The summed E-state index contributed by atoms with van der Waals surface area (Å²) in [5, 5.41) is 5.16. The molecule has 144 valence electrons. The van der Waals surface area contributed by atoms with E-state index in [0.717, 1.165) is 30.6 Å². The largest absolute Gasteiger partial charge is 0.391 e. The van der Waals surface area contributed by atoms with Gasteiger partial charge >= 0.3 is 0 Å². The quantitative estimate of drug-likeness (QED) is 0.302. The zero-order valence-electron chi connectivity index (χ0n) is 15.8. The molecule has 3 aromatic rings. The fourth-order valence-electron chi connectivity index (χ4n) is 2.69. The van der Waals surface area contributed by atoms with Gasteiger partial charge in [0.15, 0.2) is 37.9 Å². The third kappa shape index (κ3) is 6.04. The van der Waals surface area contributed by atoms with Crippen LogP contribution in [0.4, 0.5) is 0 Å². The molecular formula is C22H23Cl2N3O+2. The van der Waals surface area contributed by atoms with E-state index in [1.54, 1.807) is 24.4 Å². The van der Waals surface area contributed by atoms with Gasteiger partial charge in [0, 0.05) is 45.4 Å². The summed E-state index contributed by atoms with van der Waals surface area (Å²) >= 11 is 12.2. The van der Waals surface area contributed by atoms with E-state index in [4.69, 9.17) is 28.0 Å². The lowest BCUT2D eigenvalue weighted by atomic mass is 10.2. The molecule has 0 bridgehead atoms. The number of nitrogens with zero attached hydrogens (tertiary/aromatic N) is 3. The van der Waals surface area contributed by atoms with Crippen molar-refractivity contribution in [1.82, 2.24) is 0 Å². The Balaban J connectivity index is 1.44. The van der Waals surface area contributed by atoms with Crippen LogP contribution in [0.15, 0.2) is 72.4 Å². The number of hydrogen-bond donors (Lipinski definition) is 0. The van der Waals surface area contributed by atoms with Gasteiger partial charge in [0.25, 0.3) is 0 Å². The predicted octanol–water partition coefficient (Wildman–Crippen LogP) is 4.52. The molecule has 0 saturated carbocycles. The Kier molecular flexibility index (Phi) is 7.40. The molecule has 0 fully saturated rings. The minimum absolute atomic E-state index is 0.235. The van der Waals surface area contributed by atoms with Gasteiger partial charge in [-0.05, 0) is 24.6 Å². The van der Waals surface area contributed by atoms with Crippen molar-refractivity contribution in [3.63, 3.8) is 0 Å². The summed E-state index contributed by atoms with van der Waals surface area (Å²) in [6.07, 6.45) is 11.1. The molecule has 2 aromatic heterocycles. The van der Waals surface area contributed by atoms with Crippen molar-refractivity contribution in [3.05, 3.63) is 94.0 Å². The van der Waals surface area contributed by atoms with Crippen molar-refractivity contribution in [2.45, 2.75) is 33.0 Å². The molecule has 0 aliphatic rings. The summed E-state index contributed by atoms with van der Waals surface area (Å²) in [6.45, 7) is 4.29. The maximum atomic E-state index is 6.11. The van der Waals surface area contributed by atoms with Crippen molar-refractivity contribution < 1.29 is 14.0 Å². The molecule has 28 heavy (non-hydrogen) atoms. The molecule has 6 heteroatoms. The van der Waals surface area contributed by atoms with Crippen molar-refractivity contribution in [2.75, 3.05) is 0 Å². The van der Waals surface area contributed by atoms with Crippen LogP contribution in [0, 0.1) is 6.92 Å². The van der Waals surface area contributed by atoms with Crippen LogP contribution < -0.4 is 9.13 Å². The number of aromatic nitrogens is 2. The van der Waals surface area contributed by atoms with E-state index in [1.807, 2.05) is 24.5 Å². The average Bonchev–Trinajstić information content (AvgIpc) is 2.70. The molecule has 0 aliphatic heterocycles. The summed E-state index contributed by atoms with van der Waals surface area (Å²) in [5.74, 6) is 0. The topological polar surface area (TPSA) is 29.3 Å². The van der Waals surface area contributed by atoms with Crippen LogP contribution in [0.5, 0.6) is 0 Å². The molecule has 4 nitrogen and oxygen atoms in total. The van der Waals surface area contributed by atoms with Crippen LogP contribution in [0.2, 0.25) is 10.0 Å². The van der Waals surface area contributed by atoms with Gasteiger partial charge in [-0.15, -0.1) is 0 Å². The van der Waals surface area contributed by atoms with Gasteiger partial charge in [-0.25, -0.2) is 9.13 Å². The lowest BCUT2D eigenvalue weighted by Crippen LogP contribution is -2.38. The van der Waals surface area contributed by atoms with Crippen LogP contribution >= 0.6 is 23.2 Å².